The van der Waals surface area contributed by atoms with Crippen LogP contribution in [-0.2, 0) is 7.05 Å². The minimum Gasteiger partial charge on any atom is -0.493 e. The molecule has 1 N–H and O–H groups in total. The molecule has 1 fully saturated rings. The first-order chi connectivity index (χ1) is 16.0. The number of halogens is 1. The quantitative estimate of drug-likeness (QED) is 0.650. The number of fused-ring (bicyclic) bond motifs is 2. The van der Waals surface area contributed by atoms with Crippen LogP contribution in [0.1, 0.15) is 46.5 Å². The molecule has 0 unspecified atom stereocenters. The van der Waals surface area contributed by atoms with Crippen molar-refractivity contribution in [3.05, 3.63) is 65.6 Å². The van der Waals surface area contributed by atoms with E-state index < -0.39 is 0 Å². The number of carbonyl (C=O) groups is 2. The van der Waals surface area contributed by atoms with E-state index >= 15 is 0 Å². The van der Waals surface area contributed by atoms with E-state index in [0.717, 1.165) is 32.2 Å². The summed E-state index contributed by atoms with van der Waals surface area (Å²) in [4.78, 5) is 28.2. The van der Waals surface area contributed by atoms with Crippen molar-refractivity contribution in [2.24, 2.45) is 7.05 Å². The third kappa shape index (κ3) is 4.20. The molecule has 1 atom stereocenters. The summed E-state index contributed by atoms with van der Waals surface area (Å²) in [6.45, 7) is 1.31. The average Bonchev–Trinajstić information content (AvgIpc) is 3.21. The first-order valence-corrected chi connectivity index (χ1v) is 11.2. The highest BCUT2D eigenvalue weighted by Crippen LogP contribution is 2.31. The molecule has 170 valence electrons. The Morgan fingerprint density at radius 1 is 1.12 bits per heavy atom. The fraction of sp³-hybridized carbons (Fsp3) is 0.320. The van der Waals surface area contributed by atoms with Crippen LogP contribution in [0.25, 0.3) is 11.3 Å². The van der Waals surface area contributed by atoms with Crippen LogP contribution >= 0.6 is 0 Å². The van der Waals surface area contributed by atoms with Crippen LogP contribution in [0, 0.1) is 5.82 Å². The van der Waals surface area contributed by atoms with Crippen molar-refractivity contribution >= 4 is 17.5 Å². The Labute approximate surface area is 191 Å². The fourth-order valence-corrected chi connectivity index (χ4v) is 4.57. The zero-order chi connectivity index (χ0) is 22.9. The minimum absolute atomic E-state index is 0.0513. The molecule has 2 aliphatic rings. The van der Waals surface area contributed by atoms with Crippen molar-refractivity contribution in [2.45, 2.75) is 31.7 Å². The van der Waals surface area contributed by atoms with Crippen molar-refractivity contribution in [3.63, 3.8) is 0 Å². The Bertz CT molecular complexity index is 1200. The van der Waals surface area contributed by atoms with Gasteiger partial charge >= 0.3 is 0 Å². The van der Waals surface area contributed by atoms with E-state index in [1.54, 1.807) is 43.4 Å². The summed E-state index contributed by atoms with van der Waals surface area (Å²) in [5.74, 6) is -0.194. The van der Waals surface area contributed by atoms with E-state index in [-0.39, 0.29) is 23.7 Å². The maximum absolute atomic E-state index is 13.3. The fourth-order valence-electron chi connectivity index (χ4n) is 4.57. The molecule has 5 rings (SSSR count). The second kappa shape index (κ2) is 8.69. The highest BCUT2D eigenvalue weighted by atomic mass is 19.1. The molecule has 2 amide bonds. The maximum atomic E-state index is 13.3. The van der Waals surface area contributed by atoms with Gasteiger partial charge in [-0.3, -0.25) is 14.3 Å². The zero-order valence-corrected chi connectivity index (χ0v) is 18.4. The summed E-state index contributed by atoms with van der Waals surface area (Å²) in [6.07, 6.45) is 3.96. The molecule has 8 heteroatoms. The first kappa shape index (κ1) is 21.2. The Hall–Kier alpha value is -3.68. The molecule has 2 aromatic carbocycles. The molecule has 2 aliphatic heterocycles. The van der Waals surface area contributed by atoms with E-state index in [1.165, 1.54) is 16.8 Å². The monoisotopic (exact) mass is 448 g/mol. The molecular formula is C25H25FN4O3. The van der Waals surface area contributed by atoms with Crippen molar-refractivity contribution in [1.82, 2.24) is 14.7 Å². The lowest BCUT2D eigenvalue weighted by atomic mass is 9.97. The number of rotatable bonds is 3. The van der Waals surface area contributed by atoms with Crippen LogP contribution < -0.4 is 10.1 Å². The van der Waals surface area contributed by atoms with Gasteiger partial charge in [0.1, 0.15) is 17.3 Å². The molecule has 7 nitrogen and oxygen atoms in total. The molecular weight excluding hydrogens is 423 g/mol. The summed E-state index contributed by atoms with van der Waals surface area (Å²) in [5.41, 5.74) is 2.61. The number of amides is 2. The topological polar surface area (TPSA) is 76.5 Å². The van der Waals surface area contributed by atoms with Crippen LogP contribution in [-0.4, -0.2) is 45.7 Å². The number of aryl methyl sites for hydroxylation is 1. The van der Waals surface area contributed by atoms with E-state index in [1.807, 2.05) is 4.90 Å². The number of anilines is 1. The molecule has 1 aromatic heterocycles. The van der Waals surface area contributed by atoms with Gasteiger partial charge in [-0.2, -0.15) is 5.10 Å². The number of piperidine rings is 1. The number of ether oxygens (including phenoxy) is 1. The molecule has 33 heavy (non-hydrogen) atoms. The Balaban J connectivity index is 1.39. The highest BCUT2D eigenvalue weighted by Gasteiger charge is 2.31. The second-order valence-electron chi connectivity index (χ2n) is 8.50. The standard InChI is InChI=1S/C25H25FN4O3/c1-29-22(15-21(28-29)16-5-7-17(26)8-6-16)24(31)27-18-9-10-23-20(14-18)25(32)30-12-3-2-4-19(30)11-13-33-23/h5-10,14-15,19H,2-4,11-13H2,1H3,(H,27,31)/t19-/m1/s1. The van der Waals surface area contributed by atoms with Gasteiger partial charge in [0, 0.05) is 37.3 Å². The van der Waals surface area contributed by atoms with Crippen LogP contribution in [0.2, 0.25) is 0 Å². The lowest BCUT2D eigenvalue weighted by molar-refractivity contribution is 0.0548. The first-order valence-electron chi connectivity index (χ1n) is 11.2. The summed E-state index contributed by atoms with van der Waals surface area (Å²) in [7, 11) is 1.68. The van der Waals surface area contributed by atoms with E-state index in [0.29, 0.717) is 40.6 Å². The van der Waals surface area contributed by atoms with Gasteiger partial charge in [-0.25, -0.2) is 4.39 Å². The number of aromatic nitrogens is 2. The molecule has 0 spiro atoms. The number of nitrogens with one attached hydrogen (secondary N) is 1. The van der Waals surface area contributed by atoms with E-state index in [4.69, 9.17) is 4.74 Å². The third-order valence-electron chi connectivity index (χ3n) is 6.32. The molecule has 3 heterocycles. The lowest BCUT2D eigenvalue weighted by Gasteiger charge is -2.37. The van der Waals surface area contributed by atoms with Crippen LogP contribution in [0.3, 0.4) is 0 Å². The molecule has 0 bridgehead atoms. The number of nitrogens with zero attached hydrogens (tertiary/aromatic N) is 3. The van der Waals surface area contributed by atoms with Crippen molar-refractivity contribution in [2.75, 3.05) is 18.5 Å². The third-order valence-corrected chi connectivity index (χ3v) is 6.32. The largest absolute Gasteiger partial charge is 0.493 e. The van der Waals surface area contributed by atoms with Gasteiger partial charge < -0.3 is 15.0 Å². The van der Waals surface area contributed by atoms with Crippen LogP contribution in [0.4, 0.5) is 10.1 Å². The normalized spacial score (nSPS) is 17.9. The molecule has 0 radical (unpaired) electrons. The van der Waals surface area contributed by atoms with Crippen molar-refractivity contribution in [1.29, 1.82) is 0 Å². The summed E-state index contributed by atoms with van der Waals surface area (Å²) >= 11 is 0. The van der Waals surface area contributed by atoms with Gasteiger partial charge in [0.2, 0.25) is 0 Å². The van der Waals surface area contributed by atoms with Gasteiger partial charge in [0.15, 0.2) is 0 Å². The van der Waals surface area contributed by atoms with Crippen molar-refractivity contribution < 1.29 is 18.7 Å². The van der Waals surface area contributed by atoms with Crippen LogP contribution in [0.5, 0.6) is 5.75 Å². The van der Waals surface area contributed by atoms with E-state index in [9.17, 15) is 14.0 Å². The number of benzene rings is 2. The maximum Gasteiger partial charge on any atom is 0.273 e. The zero-order valence-electron chi connectivity index (χ0n) is 18.4. The molecule has 0 saturated carbocycles. The van der Waals surface area contributed by atoms with Gasteiger partial charge in [0.05, 0.1) is 17.9 Å². The minimum atomic E-state index is -0.353. The summed E-state index contributed by atoms with van der Waals surface area (Å²) < 4.78 is 20.6. The smallest absolute Gasteiger partial charge is 0.273 e. The summed E-state index contributed by atoms with van der Waals surface area (Å²) in [6, 6.07) is 13.0. The SMILES string of the molecule is Cn1nc(-c2ccc(F)cc2)cc1C(=O)Nc1ccc2c(c1)C(=O)N1CCCC[C@@H]1CCO2. The number of hydrogen-bond donors (Lipinski definition) is 1. The van der Waals surface area contributed by atoms with Crippen LogP contribution in [0.15, 0.2) is 48.5 Å². The van der Waals surface area contributed by atoms with Gasteiger partial charge in [0.25, 0.3) is 11.8 Å². The molecule has 3 aromatic rings. The summed E-state index contributed by atoms with van der Waals surface area (Å²) in [5, 5.41) is 7.24. The highest BCUT2D eigenvalue weighted by molar-refractivity contribution is 6.05. The average molecular weight is 448 g/mol. The molecule has 1 saturated heterocycles. The lowest BCUT2D eigenvalue weighted by Crippen LogP contribution is -2.45. The second-order valence-corrected chi connectivity index (χ2v) is 8.50. The van der Waals surface area contributed by atoms with Gasteiger partial charge in [-0.05, 0) is 67.8 Å². The molecule has 0 aliphatic carbocycles. The number of carbonyl (C=O) groups excluding carboxylic acids is 2. The van der Waals surface area contributed by atoms with Gasteiger partial charge in [-0.1, -0.05) is 0 Å². The number of hydrogen-bond acceptors (Lipinski definition) is 4. The predicted octanol–water partition coefficient (Wildman–Crippen LogP) is 4.26. The Morgan fingerprint density at radius 2 is 1.94 bits per heavy atom. The van der Waals surface area contributed by atoms with E-state index in [2.05, 4.69) is 10.4 Å². The van der Waals surface area contributed by atoms with Crippen molar-refractivity contribution in [3.8, 4) is 17.0 Å². The van der Waals surface area contributed by atoms with Gasteiger partial charge in [-0.15, -0.1) is 0 Å². The Morgan fingerprint density at radius 3 is 2.76 bits per heavy atom. The predicted molar refractivity (Wildman–Crippen MR) is 122 cm³/mol. The Kier molecular flexibility index (Phi) is 5.58.